The number of hydrogen-bond acceptors (Lipinski definition) is 4. The SMILES string of the molecule is CC(C)(C)c1ccc(O)c(C=Nc2ccccc2N=Cc2cc(C(C)(C)C)ccc2O)c1.[Co]. The molecule has 0 atom stereocenters. The number of para-hydroxylation sites is 2. The molecule has 0 fully saturated rings. The molecule has 0 bridgehead atoms. The van der Waals surface area contributed by atoms with Gasteiger partial charge in [-0.05, 0) is 58.4 Å². The van der Waals surface area contributed by atoms with E-state index in [1.54, 1.807) is 24.6 Å². The zero-order valence-corrected chi connectivity index (χ0v) is 21.1. The number of phenolic OH excluding ortho intramolecular Hbond substituents is 2. The summed E-state index contributed by atoms with van der Waals surface area (Å²) in [5.74, 6) is 0.373. The Balaban J connectivity index is 0.00000385. The number of rotatable bonds is 4. The molecule has 175 valence electrons. The maximum absolute atomic E-state index is 10.3. The number of hydrogen-bond donors (Lipinski definition) is 2. The molecule has 0 aliphatic rings. The van der Waals surface area contributed by atoms with E-state index in [9.17, 15) is 10.2 Å². The molecule has 0 amide bonds. The molecule has 0 saturated heterocycles. The Labute approximate surface area is 207 Å². The van der Waals surface area contributed by atoms with Crippen molar-refractivity contribution in [1.29, 1.82) is 0 Å². The summed E-state index contributed by atoms with van der Waals surface area (Å²) >= 11 is 0. The van der Waals surface area contributed by atoms with Crippen LogP contribution in [0.1, 0.15) is 63.8 Å². The molecule has 0 unspecified atom stereocenters. The van der Waals surface area contributed by atoms with Crippen LogP contribution in [0, 0.1) is 0 Å². The Bertz CT molecular complexity index is 1080. The van der Waals surface area contributed by atoms with Gasteiger partial charge >= 0.3 is 0 Å². The minimum absolute atomic E-state index is 0. The third-order valence-corrected chi connectivity index (χ3v) is 5.35. The maximum atomic E-state index is 10.3. The molecule has 0 aliphatic carbocycles. The molecule has 0 aromatic heterocycles. The predicted molar refractivity (Wildman–Crippen MR) is 135 cm³/mol. The van der Waals surface area contributed by atoms with Gasteiger partial charge in [0.1, 0.15) is 11.5 Å². The van der Waals surface area contributed by atoms with E-state index < -0.39 is 0 Å². The number of benzene rings is 3. The quantitative estimate of drug-likeness (QED) is 0.383. The Morgan fingerprint density at radius 3 is 1.30 bits per heavy atom. The van der Waals surface area contributed by atoms with Crippen molar-refractivity contribution in [1.82, 2.24) is 0 Å². The van der Waals surface area contributed by atoms with Crippen LogP contribution in [0.2, 0.25) is 0 Å². The van der Waals surface area contributed by atoms with Crippen LogP contribution in [-0.2, 0) is 27.6 Å². The molecular weight excluding hydrogens is 455 g/mol. The normalized spacial score (nSPS) is 12.3. The van der Waals surface area contributed by atoms with Crippen LogP contribution in [-0.4, -0.2) is 22.6 Å². The van der Waals surface area contributed by atoms with Crippen molar-refractivity contribution in [3.63, 3.8) is 0 Å². The second-order valence-electron chi connectivity index (χ2n) is 10.1. The van der Waals surface area contributed by atoms with Crippen molar-refractivity contribution >= 4 is 23.8 Å². The molecule has 0 heterocycles. The monoisotopic (exact) mass is 487 g/mol. The molecule has 3 aromatic rings. The molecule has 3 aromatic carbocycles. The number of aliphatic imine (C=N–C) groups is 2. The van der Waals surface area contributed by atoms with Crippen LogP contribution in [0.5, 0.6) is 11.5 Å². The number of phenols is 2. The summed E-state index contributed by atoms with van der Waals surface area (Å²) in [6.07, 6.45) is 3.33. The molecule has 1 radical (unpaired) electrons. The summed E-state index contributed by atoms with van der Waals surface area (Å²) in [6, 6.07) is 18.7. The Morgan fingerprint density at radius 1 is 0.606 bits per heavy atom. The molecule has 0 saturated carbocycles. The molecule has 0 aliphatic heterocycles. The molecule has 5 heteroatoms. The Hall–Kier alpha value is -2.89. The molecule has 0 spiro atoms. The zero-order chi connectivity index (χ0) is 23.5. The van der Waals surface area contributed by atoms with E-state index in [1.807, 2.05) is 48.5 Å². The van der Waals surface area contributed by atoms with E-state index in [0.29, 0.717) is 22.5 Å². The van der Waals surface area contributed by atoms with Gasteiger partial charge in [-0.3, -0.25) is 9.98 Å². The van der Waals surface area contributed by atoms with Gasteiger partial charge < -0.3 is 10.2 Å². The molecule has 3 rings (SSSR count). The molecule has 4 nitrogen and oxygen atoms in total. The first kappa shape index (κ1) is 26.4. The van der Waals surface area contributed by atoms with Crippen molar-refractivity contribution in [2.45, 2.75) is 52.4 Å². The fourth-order valence-electron chi connectivity index (χ4n) is 3.21. The van der Waals surface area contributed by atoms with Gasteiger partial charge in [0.15, 0.2) is 0 Å². The number of aromatic hydroxyl groups is 2. The third-order valence-electron chi connectivity index (χ3n) is 5.35. The number of nitrogens with zero attached hydrogens (tertiary/aromatic N) is 2. The second-order valence-corrected chi connectivity index (χ2v) is 10.1. The summed E-state index contributed by atoms with van der Waals surface area (Å²) in [6.45, 7) is 12.8. The molecule has 33 heavy (non-hydrogen) atoms. The zero-order valence-electron chi connectivity index (χ0n) is 20.1. The first-order valence-electron chi connectivity index (χ1n) is 10.8. The average Bonchev–Trinajstić information content (AvgIpc) is 2.71. The van der Waals surface area contributed by atoms with E-state index in [2.05, 4.69) is 51.5 Å². The van der Waals surface area contributed by atoms with Gasteiger partial charge in [0.05, 0.1) is 11.4 Å². The average molecular weight is 488 g/mol. The fraction of sp³-hybridized carbons (Fsp3) is 0.286. The van der Waals surface area contributed by atoms with E-state index in [4.69, 9.17) is 0 Å². The van der Waals surface area contributed by atoms with Crippen molar-refractivity contribution in [3.8, 4) is 11.5 Å². The maximum Gasteiger partial charge on any atom is 0.124 e. The van der Waals surface area contributed by atoms with Crippen LogP contribution >= 0.6 is 0 Å². The molecular formula is C28H32CoN2O2. The van der Waals surface area contributed by atoms with Crippen molar-refractivity contribution in [2.75, 3.05) is 0 Å². The van der Waals surface area contributed by atoms with E-state index >= 15 is 0 Å². The van der Waals surface area contributed by atoms with Crippen molar-refractivity contribution < 1.29 is 27.0 Å². The van der Waals surface area contributed by atoms with E-state index in [1.165, 1.54) is 0 Å². The van der Waals surface area contributed by atoms with Crippen molar-refractivity contribution in [2.24, 2.45) is 9.98 Å². The van der Waals surface area contributed by atoms with Gasteiger partial charge in [0.2, 0.25) is 0 Å². The summed E-state index contributed by atoms with van der Waals surface area (Å²) in [5.41, 5.74) is 4.86. The summed E-state index contributed by atoms with van der Waals surface area (Å²) in [5, 5.41) is 20.5. The van der Waals surface area contributed by atoms with Crippen LogP contribution in [0.15, 0.2) is 70.6 Å². The van der Waals surface area contributed by atoms with Crippen molar-refractivity contribution in [3.05, 3.63) is 82.9 Å². The summed E-state index contributed by atoms with van der Waals surface area (Å²) in [7, 11) is 0. The van der Waals surface area contributed by atoms with Crippen LogP contribution < -0.4 is 0 Å². The smallest absolute Gasteiger partial charge is 0.124 e. The van der Waals surface area contributed by atoms with Gasteiger partial charge in [-0.15, -0.1) is 0 Å². The van der Waals surface area contributed by atoms with E-state index in [0.717, 1.165) is 11.1 Å². The van der Waals surface area contributed by atoms with E-state index in [-0.39, 0.29) is 39.1 Å². The first-order chi connectivity index (χ1) is 14.9. The van der Waals surface area contributed by atoms with Gasteiger partial charge in [0.25, 0.3) is 0 Å². The van der Waals surface area contributed by atoms with Gasteiger partial charge in [-0.1, -0.05) is 65.8 Å². The van der Waals surface area contributed by atoms with Gasteiger partial charge in [0, 0.05) is 40.3 Å². The second kappa shape index (κ2) is 10.4. The summed E-state index contributed by atoms with van der Waals surface area (Å²) < 4.78 is 0. The minimum atomic E-state index is -0.0257. The largest absolute Gasteiger partial charge is 0.507 e. The molecule has 2 N–H and O–H groups in total. The van der Waals surface area contributed by atoms with Gasteiger partial charge in [-0.25, -0.2) is 0 Å². The Kier molecular flexibility index (Phi) is 8.28. The standard InChI is InChI=1S/C28H32N2O2.Co/c1-27(2,3)21-11-13-25(31)19(15-21)17-29-23-9-7-8-10-24(23)30-18-20-16-22(28(4,5)6)12-14-26(20)32;/h7-18,31-32H,1-6H3;. The third kappa shape index (κ3) is 6.79. The summed E-state index contributed by atoms with van der Waals surface area (Å²) in [4.78, 5) is 9.18. The fourth-order valence-corrected chi connectivity index (χ4v) is 3.21. The minimum Gasteiger partial charge on any atom is -0.507 e. The van der Waals surface area contributed by atoms with Crippen LogP contribution in [0.25, 0.3) is 0 Å². The first-order valence-corrected chi connectivity index (χ1v) is 10.8. The predicted octanol–water partition coefficient (Wildman–Crippen LogP) is 7.19. The van der Waals surface area contributed by atoms with Gasteiger partial charge in [-0.2, -0.15) is 0 Å². The topological polar surface area (TPSA) is 65.2 Å². The van der Waals surface area contributed by atoms with Crippen LogP contribution in [0.3, 0.4) is 0 Å². The van der Waals surface area contributed by atoms with Crippen LogP contribution in [0.4, 0.5) is 11.4 Å². The Morgan fingerprint density at radius 2 is 0.970 bits per heavy atom.